The summed E-state index contributed by atoms with van der Waals surface area (Å²) in [6.45, 7) is 1.81. The van der Waals surface area contributed by atoms with E-state index in [1.807, 2.05) is 0 Å². The van der Waals surface area contributed by atoms with Crippen LogP contribution in [0.3, 0.4) is 0 Å². The predicted octanol–water partition coefficient (Wildman–Crippen LogP) is 3.86. The summed E-state index contributed by atoms with van der Waals surface area (Å²) in [4.78, 5) is 23.9. The minimum absolute atomic E-state index is 0.0116. The molecule has 0 bridgehead atoms. The van der Waals surface area contributed by atoms with Gasteiger partial charge in [-0.3, -0.25) is 4.79 Å². The number of aromatic carboxylic acids is 1. The number of carboxylic acid groups (broad SMARTS) is 1. The van der Waals surface area contributed by atoms with Gasteiger partial charge in [0.15, 0.2) is 5.76 Å². The quantitative estimate of drug-likeness (QED) is 0.476. The van der Waals surface area contributed by atoms with E-state index in [4.69, 9.17) is 21.9 Å². The molecule has 1 aromatic carbocycles. The van der Waals surface area contributed by atoms with Crippen LogP contribution in [0.25, 0.3) is 11.3 Å². The molecule has 0 aliphatic heterocycles. The number of Topliss-reactive ketones (excluding diaryl/α,β-unsaturated/α-hetero) is 1. The van der Waals surface area contributed by atoms with Gasteiger partial charge >= 0.3 is 11.9 Å². The maximum absolute atomic E-state index is 14.8. The minimum atomic E-state index is -4.02. The Labute approximate surface area is 173 Å². The first kappa shape index (κ1) is 21.3. The van der Waals surface area contributed by atoms with E-state index in [1.54, 1.807) is 6.92 Å². The maximum Gasteiger partial charge on any atom is 0.340 e. The molecule has 0 atom stereocenters. The molecule has 0 saturated carbocycles. The number of hydrogen-bond acceptors (Lipinski definition) is 6. The topological polar surface area (TPSA) is 132 Å². The Morgan fingerprint density at radius 1 is 1.30 bits per heavy atom. The monoisotopic (exact) mass is 439 g/mol. The van der Waals surface area contributed by atoms with Crippen LogP contribution in [-0.4, -0.2) is 37.6 Å². The number of alkyl halides is 2. The molecule has 0 spiro atoms. The first-order chi connectivity index (χ1) is 14.1. The summed E-state index contributed by atoms with van der Waals surface area (Å²) in [5, 5.41) is 21.9. The molecule has 8 nitrogen and oxygen atoms in total. The molecule has 158 valence electrons. The minimum Gasteiger partial charge on any atom is -0.508 e. The van der Waals surface area contributed by atoms with E-state index in [-0.39, 0.29) is 34.6 Å². The van der Waals surface area contributed by atoms with Gasteiger partial charge in [-0.05, 0) is 31.2 Å². The van der Waals surface area contributed by atoms with Crippen molar-refractivity contribution in [2.45, 2.75) is 25.8 Å². The van der Waals surface area contributed by atoms with Crippen LogP contribution in [0.1, 0.15) is 33.3 Å². The summed E-state index contributed by atoms with van der Waals surface area (Å²) >= 11 is 6.11. The van der Waals surface area contributed by atoms with Gasteiger partial charge in [-0.1, -0.05) is 16.8 Å². The highest BCUT2D eigenvalue weighted by Gasteiger charge is 2.44. The number of aromatic nitrogens is 2. The fourth-order valence-electron chi connectivity index (χ4n) is 2.93. The van der Waals surface area contributed by atoms with Gasteiger partial charge < -0.3 is 25.0 Å². The van der Waals surface area contributed by atoms with E-state index in [0.717, 1.165) is 6.20 Å². The molecule has 3 aromatic rings. The fourth-order valence-corrected chi connectivity index (χ4v) is 3.18. The Bertz CT molecular complexity index is 1120. The zero-order chi connectivity index (χ0) is 22.2. The Hall–Kier alpha value is -3.40. The average molecular weight is 440 g/mol. The zero-order valence-electron chi connectivity index (χ0n) is 15.5. The predicted molar refractivity (Wildman–Crippen MR) is 103 cm³/mol. The van der Waals surface area contributed by atoms with Crippen LogP contribution in [0.15, 0.2) is 35.0 Å². The maximum atomic E-state index is 14.8. The number of nitrogens with zero attached hydrogens (tertiary/aromatic N) is 2. The van der Waals surface area contributed by atoms with Crippen molar-refractivity contribution in [1.82, 2.24) is 9.72 Å². The second-order valence-corrected chi connectivity index (χ2v) is 6.80. The molecular weight excluding hydrogens is 424 g/mol. The summed E-state index contributed by atoms with van der Waals surface area (Å²) in [7, 11) is 0. The molecule has 11 heteroatoms. The molecule has 0 fully saturated rings. The summed E-state index contributed by atoms with van der Waals surface area (Å²) in [5.41, 5.74) is 4.29. The SMILES string of the molecule is CCn1cc(C(=O)C(F)(F)Cc2noc(-c3ccc(O)cc3)c2Cl)c(C(=O)O)c1N. The standard InChI is InChI=1S/C19H16ClF2N3O5/c1-2-25-8-11(13(17(25)23)18(28)29)16(27)19(21,22)7-12-14(20)15(30-24-12)9-3-5-10(26)6-4-9/h3-6,8,26H,2,7,23H2,1H3,(H,28,29). The normalized spacial score (nSPS) is 11.6. The third-order valence-electron chi connectivity index (χ3n) is 4.47. The molecule has 0 aliphatic rings. The summed E-state index contributed by atoms with van der Waals surface area (Å²) < 4.78 is 35.7. The molecule has 2 heterocycles. The molecule has 0 aliphatic carbocycles. The van der Waals surface area contributed by atoms with Crippen LogP contribution in [0.4, 0.5) is 14.6 Å². The number of ketones is 1. The van der Waals surface area contributed by atoms with Gasteiger partial charge in [-0.2, -0.15) is 8.78 Å². The van der Waals surface area contributed by atoms with Crippen molar-refractivity contribution in [2.24, 2.45) is 0 Å². The number of carbonyl (C=O) groups is 2. The number of carboxylic acids is 1. The van der Waals surface area contributed by atoms with E-state index in [9.17, 15) is 28.6 Å². The summed E-state index contributed by atoms with van der Waals surface area (Å²) in [6.07, 6.45) is -0.218. The number of aryl methyl sites for hydroxylation is 1. The lowest BCUT2D eigenvalue weighted by Crippen LogP contribution is -2.32. The Morgan fingerprint density at radius 2 is 1.93 bits per heavy atom. The number of phenolic OH excluding ortho intramolecular Hbond substituents is 1. The lowest BCUT2D eigenvalue weighted by Gasteiger charge is -2.13. The first-order valence-electron chi connectivity index (χ1n) is 8.64. The van der Waals surface area contributed by atoms with Crippen LogP contribution >= 0.6 is 11.6 Å². The van der Waals surface area contributed by atoms with Gasteiger partial charge in [0.05, 0.1) is 12.0 Å². The van der Waals surface area contributed by atoms with Crippen molar-refractivity contribution < 1.29 is 33.1 Å². The molecular formula is C19H16ClF2N3O5. The highest BCUT2D eigenvalue weighted by Crippen LogP contribution is 2.36. The number of nitrogens with two attached hydrogens (primary N) is 1. The summed E-state index contributed by atoms with van der Waals surface area (Å²) in [6, 6.07) is 5.60. The lowest BCUT2D eigenvalue weighted by molar-refractivity contribution is 0.00953. The van der Waals surface area contributed by atoms with E-state index in [0.29, 0.717) is 5.56 Å². The fraction of sp³-hybridized carbons (Fsp3) is 0.211. The molecule has 30 heavy (non-hydrogen) atoms. The van der Waals surface area contributed by atoms with Crippen LogP contribution < -0.4 is 5.73 Å². The third-order valence-corrected chi connectivity index (χ3v) is 4.86. The Kier molecular flexibility index (Phi) is 5.53. The van der Waals surface area contributed by atoms with Crippen LogP contribution in [0, 0.1) is 0 Å². The van der Waals surface area contributed by atoms with Gasteiger partial charge in [0.2, 0.25) is 5.78 Å². The van der Waals surface area contributed by atoms with Crippen molar-refractivity contribution in [1.29, 1.82) is 0 Å². The van der Waals surface area contributed by atoms with Crippen molar-refractivity contribution >= 4 is 29.2 Å². The number of phenols is 1. The van der Waals surface area contributed by atoms with E-state index in [2.05, 4.69) is 5.16 Å². The number of nitrogen functional groups attached to an aromatic ring is 1. The van der Waals surface area contributed by atoms with Gasteiger partial charge in [-0.15, -0.1) is 0 Å². The Morgan fingerprint density at radius 3 is 2.50 bits per heavy atom. The molecule has 0 radical (unpaired) electrons. The smallest absolute Gasteiger partial charge is 0.340 e. The number of aromatic hydroxyl groups is 1. The van der Waals surface area contributed by atoms with Gasteiger partial charge in [0.25, 0.3) is 0 Å². The highest BCUT2D eigenvalue weighted by atomic mass is 35.5. The zero-order valence-corrected chi connectivity index (χ0v) is 16.3. The number of hydrogen-bond donors (Lipinski definition) is 3. The second kappa shape index (κ2) is 7.79. The average Bonchev–Trinajstić information content (AvgIpc) is 3.21. The van der Waals surface area contributed by atoms with E-state index < -0.39 is 35.2 Å². The van der Waals surface area contributed by atoms with Crippen molar-refractivity contribution in [3.63, 3.8) is 0 Å². The number of benzene rings is 1. The van der Waals surface area contributed by atoms with Crippen molar-refractivity contribution in [3.05, 3.63) is 52.3 Å². The number of halogens is 3. The third kappa shape index (κ3) is 3.73. The van der Waals surface area contributed by atoms with Gasteiger partial charge in [-0.25, -0.2) is 4.79 Å². The molecule has 3 rings (SSSR count). The number of anilines is 1. The van der Waals surface area contributed by atoms with Crippen LogP contribution in [0.5, 0.6) is 5.75 Å². The molecule has 0 saturated heterocycles. The van der Waals surface area contributed by atoms with Crippen molar-refractivity contribution in [3.8, 4) is 17.1 Å². The van der Waals surface area contributed by atoms with Gasteiger partial charge in [0.1, 0.15) is 27.8 Å². The lowest BCUT2D eigenvalue weighted by atomic mass is 10.00. The highest BCUT2D eigenvalue weighted by molar-refractivity contribution is 6.33. The van der Waals surface area contributed by atoms with Crippen LogP contribution in [0.2, 0.25) is 5.02 Å². The Balaban J connectivity index is 1.93. The summed E-state index contributed by atoms with van der Waals surface area (Å²) in [5.74, 6) is -7.65. The second-order valence-electron chi connectivity index (χ2n) is 6.42. The van der Waals surface area contributed by atoms with Gasteiger partial charge in [0, 0.05) is 18.3 Å². The number of carbonyl (C=O) groups excluding carboxylic acids is 1. The first-order valence-corrected chi connectivity index (χ1v) is 9.02. The number of rotatable bonds is 7. The molecule has 4 N–H and O–H groups in total. The van der Waals surface area contributed by atoms with Crippen molar-refractivity contribution in [2.75, 3.05) is 5.73 Å². The van der Waals surface area contributed by atoms with E-state index >= 15 is 0 Å². The van der Waals surface area contributed by atoms with E-state index in [1.165, 1.54) is 28.8 Å². The molecule has 0 unspecified atom stereocenters. The largest absolute Gasteiger partial charge is 0.508 e. The molecule has 2 aromatic heterocycles. The molecule has 0 amide bonds. The van der Waals surface area contributed by atoms with Crippen LogP contribution in [-0.2, 0) is 13.0 Å².